The van der Waals surface area contributed by atoms with Crippen LogP contribution >= 0.6 is 12.2 Å². The monoisotopic (exact) mass is 281 g/mol. The minimum Gasteiger partial charge on any atom is -0.337 e. The summed E-state index contributed by atoms with van der Waals surface area (Å²) in [6.07, 6.45) is 1.95. The normalized spacial score (nSPS) is 10.7. The third-order valence-corrected chi connectivity index (χ3v) is 3.54. The second kappa shape index (κ2) is 5.43. The van der Waals surface area contributed by atoms with Crippen LogP contribution < -0.4 is 0 Å². The van der Waals surface area contributed by atoms with Crippen LogP contribution in [0.25, 0.3) is 11.3 Å². The number of aromatic nitrogens is 3. The van der Waals surface area contributed by atoms with Crippen molar-refractivity contribution in [2.45, 2.75) is 13.5 Å². The lowest BCUT2D eigenvalue weighted by Gasteiger charge is -2.08. The van der Waals surface area contributed by atoms with Crippen molar-refractivity contribution in [3.8, 4) is 11.3 Å². The van der Waals surface area contributed by atoms with Crippen molar-refractivity contribution in [1.29, 1.82) is 0 Å². The van der Waals surface area contributed by atoms with Gasteiger partial charge in [0.05, 0.1) is 17.9 Å². The van der Waals surface area contributed by atoms with Gasteiger partial charge in [-0.2, -0.15) is 0 Å². The minimum absolute atomic E-state index is 0.675. The van der Waals surface area contributed by atoms with E-state index in [4.69, 9.17) is 12.2 Å². The molecule has 0 saturated heterocycles. The van der Waals surface area contributed by atoms with E-state index in [-0.39, 0.29) is 0 Å². The zero-order valence-electron chi connectivity index (χ0n) is 11.2. The van der Waals surface area contributed by atoms with E-state index in [2.05, 4.69) is 26.7 Å². The van der Waals surface area contributed by atoms with Gasteiger partial charge in [0.15, 0.2) is 4.77 Å². The van der Waals surface area contributed by atoms with Crippen molar-refractivity contribution in [3.05, 3.63) is 70.9 Å². The van der Waals surface area contributed by atoms with Crippen molar-refractivity contribution >= 4 is 12.2 Å². The number of aromatic amines is 1. The quantitative estimate of drug-likeness (QED) is 0.737. The second-order valence-electron chi connectivity index (χ2n) is 4.70. The van der Waals surface area contributed by atoms with E-state index in [1.165, 1.54) is 0 Å². The number of nitrogens with zero attached hydrogens (tertiary/aromatic N) is 2. The highest BCUT2D eigenvalue weighted by atomic mass is 32.1. The van der Waals surface area contributed by atoms with E-state index >= 15 is 0 Å². The van der Waals surface area contributed by atoms with E-state index in [0.29, 0.717) is 11.3 Å². The maximum absolute atomic E-state index is 5.38. The predicted octanol–water partition coefficient (Wildman–Crippen LogP) is 3.96. The lowest BCUT2D eigenvalue weighted by atomic mass is 10.1. The molecule has 20 heavy (non-hydrogen) atoms. The van der Waals surface area contributed by atoms with Crippen molar-refractivity contribution < 1.29 is 0 Å². The van der Waals surface area contributed by atoms with E-state index in [0.717, 1.165) is 22.6 Å². The average molecular weight is 281 g/mol. The number of aryl methyl sites for hydroxylation is 1. The van der Waals surface area contributed by atoms with E-state index in [1.54, 1.807) is 0 Å². The maximum atomic E-state index is 5.38. The Morgan fingerprint density at radius 3 is 2.65 bits per heavy atom. The molecule has 0 unspecified atom stereocenters. The third-order valence-electron chi connectivity index (χ3n) is 3.20. The molecule has 0 atom stereocenters. The molecule has 0 aliphatic carbocycles. The molecule has 3 aromatic rings. The predicted molar refractivity (Wildman–Crippen MR) is 83.1 cm³/mol. The molecule has 3 nitrogen and oxygen atoms in total. The number of pyridine rings is 1. The number of H-pyrrole nitrogens is 1. The Kier molecular flexibility index (Phi) is 3.48. The second-order valence-corrected chi connectivity index (χ2v) is 5.09. The molecular formula is C16H15N3S. The van der Waals surface area contributed by atoms with Crippen LogP contribution in [0.5, 0.6) is 0 Å². The fourth-order valence-electron chi connectivity index (χ4n) is 2.25. The summed E-state index contributed by atoms with van der Waals surface area (Å²) in [5, 5.41) is 0. The summed E-state index contributed by atoms with van der Waals surface area (Å²) in [6, 6.07) is 16.3. The first-order valence-corrected chi connectivity index (χ1v) is 6.91. The van der Waals surface area contributed by atoms with Crippen molar-refractivity contribution in [2.24, 2.45) is 0 Å². The van der Waals surface area contributed by atoms with Crippen LogP contribution in [0.4, 0.5) is 0 Å². The largest absolute Gasteiger partial charge is 0.337 e. The molecule has 0 bridgehead atoms. The molecule has 4 heteroatoms. The Bertz CT molecular complexity index is 772. The van der Waals surface area contributed by atoms with E-state index in [1.807, 2.05) is 49.5 Å². The lowest BCUT2D eigenvalue weighted by Crippen LogP contribution is -2.04. The van der Waals surface area contributed by atoms with Crippen molar-refractivity contribution in [3.63, 3.8) is 0 Å². The van der Waals surface area contributed by atoms with Gasteiger partial charge in [-0.3, -0.25) is 4.98 Å². The summed E-state index contributed by atoms with van der Waals surface area (Å²) in [7, 11) is 0. The van der Waals surface area contributed by atoms with Gasteiger partial charge in [-0.25, -0.2) is 0 Å². The van der Waals surface area contributed by atoms with E-state index in [9.17, 15) is 0 Å². The Balaban J connectivity index is 2.02. The fourth-order valence-corrected chi connectivity index (χ4v) is 2.47. The summed E-state index contributed by atoms with van der Waals surface area (Å²) in [5.41, 5.74) is 4.26. The fraction of sp³-hybridized carbons (Fsp3) is 0.125. The molecule has 0 fully saturated rings. The van der Waals surface area contributed by atoms with Gasteiger partial charge in [0.25, 0.3) is 0 Å². The first-order valence-electron chi connectivity index (χ1n) is 6.50. The van der Waals surface area contributed by atoms with Crippen LogP contribution in [0.3, 0.4) is 0 Å². The van der Waals surface area contributed by atoms with Gasteiger partial charge in [-0.15, -0.1) is 0 Å². The van der Waals surface area contributed by atoms with E-state index < -0.39 is 0 Å². The molecule has 0 radical (unpaired) electrons. The minimum atomic E-state index is 0.675. The van der Waals surface area contributed by atoms with Gasteiger partial charge < -0.3 is 9.55 Å². The SMILES string of the molecule is Cc1cccc(Cn2c(-c3ccccc3)c[nH]c2=S)n1. The van der Waals surface area contributed by atoms with Crippen LogP contribution in [0, 0.1) is 11.7 Å². The summed E-state index contributed by atoms with van der Waals surface area (Å²) < 4.78 is 2.79. The van der Waals surface area contributed by atoms with Gasteiger partial charge in [-0.05, 0) is 36.8 Å². The zero-order chi connectivity index (χ0) is 13.9. The molecule has 0 aliphatic rings. The van der Waals surface area contributed by atoms with Gasteiger partial charge in [-0.1, -0.05) is 36.4 Å². The molecule has 2 heterocycles. The zero-order valence-corrected chi connectivity index (χ0v) is 12.0. The van der Waals surface area contributed by atoms with Gasteiger partial charge in [0.1, 0.15) is 0 Å². The highest BCUT2D eigenvalue weighted by Gasteiger charge is 2.07. The molecule has 1 N–H and O–H groups in total. The first-order chi connectivity index (χ1) is 9.74. The number of benzene rings is 1. The van der Waals surface area contributed by atoms with Crippen LogP contribution in [0.15, 0.2) is 54.7 Å². The maximum Gasteiger partial charge on any atom is 0.177 e. The van der Waals surface area contributed by atoms with Crippen LogP contribution in [-0.2, 0) is 6.54 Å². The van der Waals surface area contributed by atoms with Crippen molar-refractivity contribution in [1.82, 2.24) is 14.5 Å². The number of hydrogen-bond acceptors (Lipinski definition) is 2. The van der Waals surface area contributed by atoms with Crippen LogP contribution in [-0.4, -0.2) is 14.5 Å². The third kappa shape index (κ3) is 2.56. The molecule has 0 spiro atoms. The van der Waals surface area contributed by atoms with Crippen molar-refractivity contribution in [2.75, 3.05) is 0 Å². The van der Waals surface area contributed by atoms with Crippen LogP contribution in [0.1, 0.15) is 11.4 Å². The Hall–Kier alpha value is -2.20. The average Bonchev–Trinajstić information content (AvgIpc) is 2.81. The standard InChI is InChI=1S/C16H15N3S/c1-12-6-5-9-14(18-12)11-19-15(10-17-16(19)20)13-7-3-2-4-8-13/h2-10H,11H2,1H3,(H,17,20). The summed E-state index contributed by atoms with van der Waals surface area (Å²) in [4.78, 5) is 7.66. The Morgan fingerprint density at radius 1 is 1.10 bits per heavy atom. The molecule has 3 rings (SSSR count). The highest BCUT2D eigenvalue weighted by Crippen LogP contribution is 2.20. The lowest BCUT2D eigenvalue weighted by molar-refractivity contribution is 0.764. The summed E-state index contributed by atoms with van der Waals surface area (Å²) in [5.74, 6) is 0. The molecule has 0 aliphatic heterocycles. The van der Waals surface area contributed by atoms with Gasteiger partial charge in [0, 0.05) is 11.9 Å². The molecule has 100 valence electrons. The molecule has 1 aromatic carbocycles. The smallest absolute Gasteiger partial charge is 0.177 e. The summed E-state index contributed by atoms with van der Waals surface area (Å²) in [6.45, 7) is 2.67. The number of nitrogens with one attached hydrogen (secondary N) is 1. The summed E-state index contributed by atoms with van der Waals surface area (Å²) >= 11 is 5.38. The molecule has 0 saturated carbocycles. The molecule has 2 aromatic heterocycles. The first kappa shape index (κ1) is 12.8. The Labute approximate surface area is 122 Å². The topological polar surface area (TPSA) is 33.6 Å². The molecule has 0 amide bonds. The van der Waals surface area contributed by atoms with Gasteiger partial charge >= 0.3 is 0 Å². The van der Waals surface area contributed by atoms with Crippen LogP contribution in [0.2, 0.25) is 0 Å². The number of hydrogen-bond donors (Lipinski definition) is 1. The molecular weight excluding hydrogens is 266 g/mol. The number of rotatable bonds is 3. The Morgan fingerprint density at radius 2 is 1.90 bits per heavy atom. The van der Waals surface area contributed by atoms with Gasteiger partial charge in [0.2, 0.25) is 0 Å². The highest BCUT2D eigenvalue weighted by molar-refractivity contribution is 7.71. The number of imidazole rings is 1.